The third kappa shape index (κ3) is 8.00. The Kier molecular flexibility index (Phi) is 11.0. The third-order valence-electron chi connectivity index (χ3n) is 8.58. The number of amides is 3. The molecule has 3 aromatic carbocycles. The fraction of sp³-hybridized carbons (Fsp3) is 0.400. The molecular formula is C35H40Cl2N4O3. The molecular weight excluding hydrogens is 595 g/mol. The molecule has 7 nitrogen and oxygen atoms in total. The van der Waals surface area contributed by atoms with Crippen molar-refractivity contribution in [2.75, 3.05) is 19.6 Å². The van der Waals surface area contributed by atoms with Crippen molar-refractivity contribution in [2.24, 2.45) is 0 Å². The molecule has 2 aliphatic rings. The van der Waals surface area contributed by atoms with Gasteiger partial charge in [-0.25, -0.2) is 0 Å². The molecule has 5 rings (SSSR count). The maximum absolute atomic E-state index is 14.2. The minimum absolute atomic E-state index is 0.0281. The zero-order chi connectivity index (χ0) is 31.1. The molecule has 44 heavy (non-hydrogen) atoms. The summed E-state index contributed by atoms with van der Waals surface area (Å²) in [7, 11) is 0. The molecule has 0 saturated carbocycles. The monoisotopic (exact) mass is 634 g/mol. The van der Waals surface area contributed by atoms with E-state index in [-0.39, 0.29) is 17.7 Å². The second-order valence-corrected chi connectivity index (χ2v) is 12.6. The first-order valence-corrected chi connectivity index (χ1v) is 16.3. The molecule has 0 aliphatic carbocycles. The Balaban J connectivity index is 1.29. The second-order valence-electron chi connectivity index (χ2n) is 11.7. The fourth-order valence-corrected chi connectivity index (χ4v) is 6.55. The minimum atomic E-state index is -0.816. The maximum Gasteiger partial charge on any atom is 0.246 e. The molecule has 9 heteroatoms. The Labute approximate surface area is 269 Å². The van der Waals surface area contributed by atoms with Gasteiger partial charge in [0.2, 0.25) is 17.7 Å². The molecule has 1 saturated heterocycles. The summed E-state index contributed by atoms with van der Waals surface area (Å²) in [6.07, 6.45) is 3.81. The van der Waals surface area contributed by atoms with Crippen LogP contribution in [0.25, 0.3) is 0 Å². The number of halogens is 2. The van der Waals surface area contributed by atoms with Crippen molar-refractivity contribution in [1.29, 1.82) is 0 Å². The van der Waals surface area contributed by atoms with E-state index in [2.05, 4.69) is 16.7 Å². The fourth-order valence-electron chi connectivity index (χ4n) is 6.21. The quantitative estimate of drug-likeness (QED) is 0.304. The number of benzene rings is 3. The van der Waals surface area contributed by atoms with E-state index in [1.54, 1.807) is 17.0 Å². The van der Waals surface area contributed by atoms with E-state index in [0.717, 1.165) is 36.0 Å². The number of nitrogens with zero attached hydrogens (tertiary/aromatic N) is 2. The van der Waals surface area contributed by atoms with Crippen molar-refractivity contribution >= 4 is 40.9 Å². The number of nitrogens with one attached hydrogen (secondary N) is 2. The van der Waals surface area contributed by atoms with Crippen LogP contribution < -0.4 is 10.6 Å². The number of carbonyl (C=O) groups is 3. The molecule has 0 radical (unpaired) electrons. The lowest BCUT2D eigenvalue weighted by Crippen LogP contribution is -2.63. The third-order valence-corrected chi connectivity index (χ3v) is 9.06. The van der Waals surface area contributed by atoms with Crippen LogP contribution in [-0.4, -0.2) is 65.3 Å². The highest BCUT2D eigenvalue weighted by molar-refractivity contribution is 6.30. The molecule has 0 aromatic heterocycles. The van der Waals surface area contributed by atoms with E-state index in [0.29, 0.717) is 55.5 Å². The van der Waals surface area contributed by atoms with Gasteiger partial charge < -0.3 is 20.4 Å². The van der Waals surface area contributed by atoms with Gasteiger partial charge in [-0.2, -0.15) is 0 Å². The molecule has 3 amide bonds. The summed E-state index contributed by atoms with van der Waals surface area (Å²) >= 11 is 12.3. The zero-order valence-corrected chi connectivity index (χ0v) is 26.6. The summed E-state index contributed by atoms with van der Waals surface area (Å²) in [5.41, 5.74) is 4.33. The SMILES string of the molecule is CCCC1C(=O)N(CCCc2cccc(Cl)c2)CCN1C(=O)C(Cc1ccc(Cl)cc1)NC(=O)C1Cc2ccccc2CN1. The van der Waals surface area contributed by atoms with E-state index in [1.807, 2.05) is 66.4 Å². The molecule has 2 N–H and O–H groups in total. The summed E-state index contributed by atoms with van der Waals surface area (Å²) in [4.78, 5) is 45.1. The summed E-state index contributed by atoms with van der Waals surface area (Å²) in [6, 6.07) is 21.4. The van der Waals surface area contributed by atoms with Gasteiger partial charge in [0, 0.05) is 42.6 Å². The van der Waals surface area contributed by atoms with Gasteiger partial charge in [-0.3, -0.25) is 14.4 Å². The molecule has 3 unspecified atom stereocenters. The standard InChI is InChI=1S/C35H40Cl2N4O3/c1-2-7-32-35(44)40(17-6-9-24-8-5-12-29(37)20-24)18-19-41(32)34(43)31(21-25-13-15-28(36)16-14-25)39-33(42)30-22-26-10-3-4-11-27(26)23-38-30/h3-5,8,10-16,20,30-32,38H,2,6-7,9,17-19,21-23H2,1H3,(H,39,42). The number of piperazine rings is 1. The highest BCUT2D eigenvalue weighted by Crippen LogP contribution is 2.22. The predicted molar refractivity (Wildman–Crippen MR) is 175 cm³/mol. The highest BCUT2D eigenvalue weighted by Gasteiger charge is 2.40. The predicted octanol–water partition coefficient (Wildman–Crippen LogP) is 5.21. The average Bonchev–Trinajstić information content (AvgIpc) is 3.03. The van der Waals surface area contributed by atoms with Crippen molar-refractivity contribution in [1.82, 2.24) is 20.4 Å². The Morgan fingerprint density at radius 2 is 1.73 bits per heavy atom. The van der Waals surface area contributed by atoms with Gasteiger partial charge in [-0.1, -0.05) is 85.1 Å². The molecule has 2 aliphatic heterocycles. The van der Waals surface area contributed by atoms with Crippen LogP contribution in [0.4, 0.5) is 0 Å². The average molecular weight is 636 g/mol. The Bertz CT molecular complexity index is 1460. The van der Waals surface area contributed by atoms with Crippen LogP contribution in [-0.2, 0) is 40.2 Å². The number of hydrogen-bond acceptors (Lipinski definition) is 4. The van der Waals surface area contributed by atoms with E-state index in [4.69, 9.17) is 23.2 Å². The molecule has 1 fully saturated rings. The van der Waals surface area contributed by atoms with Crippen LogP contribution in [0.3, 0.4) is 0 Å². The zero-order valence-electron chi connectivity index (χ0n) is 25.1. The van der Waals surface area contributed by atoms with Crippen LogP contribution in [0.1, 0.15) is 48.4 Å². The lowest BCUT2D eigenvalue weighted by Gasteiger charge is -2.42. The van der Waals surface area contributed by atoms with Crippen molar-refractivity contribution in [2.45, 2.75) is 70.1 Å². The highest BCUT2D eigenvalue weighted by atomic mass is 35.5. The first kappa shape index (κ1) is 32.0. The smallest absolute Gasteiger partial charge is 0.246 e. The number of aryl methyl sites for hydroxylation is 1. The molecule has 2 heterocycles. The van der Waals surface area contributed by atoms with E-state index < -0.39 is 18.1 Å². The van der Waals surface area contributed by atoms with Gasteiger partial charge in [0.25, 0.3) is 0 Å². The van der Waals surface area contributed by atoms with Crippen molar-refractivity contribution in [3.05, 3.63) is 105 Å². The lowest BCUT2D eigenvalue weighted by atomic mass is 9.95. The second kappa shape index (κ2) is 15.1. The van der Waals surface area contributed by atoms with E-state index >= 15 is 0 Å². The lowest BCUT2D eigenvalue weighted by molar-refractivity contribution is -0.153. The summed E-state index contributed by atoms with van der Waals surface area (Å²) in [5.74, 6) is -0.473. The molecule has 232 valence electrons. The summed E-state index contributed by atoms with van der Waals surface area (Å²) in [5, 5.41) is 7.70. The van der Waals surface area contributed by atoms with Crippen molar-refractivity contribution < 1.29 is 14.4 Å². The first-order chi connectivity index (χ1) is 21.3. The molecule has 0 spiro atoms. The minimum Gasteiger partial charge on any atom is -0.343 e. The van der Waals surface area contributed by atoms with Gasteiger partial charge in [0.15, 0.2) is 0 Å². The molecule has 3 atom stereocenters. The molecule has 0 bridgehead atoms. The number of hydrogen-bond donors (Lipinski definition) is 2. The number of carbonyl (C=O) groups excluding carboxylic acids is 3. The van der Waals surface area contributed by atoms with Gasteiger partial charge in [-0.15, -0.1) is 0 Å². The normalized spacial score (nSPS) is 18.9. The van der Waals surface area contributed by atoms with Crippen LogP contribution in [0.15, 0.2) is 72.8 Å². The van der Waals surface area contributed by atoms with Crippen LogP contribution in [0.2, 0.25) is 10.0 Å². The first-order valence-electron chi connectivity index (χ1n) is 15.5. The number of rotatable bonds is 11. The summed E-state index contributed by atoms with van der Waals surface area (Å²) in [6.45, 7) is 4.12. The Morgan fingerprint density at radius 3 is 2.48 bits per heavy atom. The Hall–Kier alpha value is -3.39. The largest absolute Gasteiger partial charge is 0.343 e. The number of fused-ring (bicyclic) bond motifs is 1. The van der Waals surface area contributed by atoms with E-state index in [9.17, 15) is 14.4 Å². The van der Waals surface area contributed by atoms with Crippen LogP contribution in [0.5, 0.6) is 0 Å². The van der Waals surface area contributed by atoms with E-state index in [1.165, 1.54) is 5.56 Å². The van der Waals surface area contributed by atoms with Crippen LogP contribution >= 0.6 is 23.2 Å². The van der Waals surface area contributed by atoms with Gasteiger partial charge in [0.1, 0.15) is 12.1 Å². The van der Waals surface area contributed by atoms with Gasteiger partial charge in [-0.05, 0) is 72.2 Å². The molecule has 3 aromatic rings. The Morgan fingerprint density at radius 1 is 0.955 bits per heavy atom. The summed E-state index contributed by atoms with van der Waals surface area (Å²) < 4.78 is 0. The maximum atomic E-state index is 14.2. The van der Waals surface area contributed by atoms with Crippen molar-refractivity contribution in [3.63, 3.8) is 0 Å². The van der Waals surface area contributed by atoms with Crippen LogP contribution in [0, 0.1) is 0 Å². The van der Waals surface area contributed by atoms with Crippen molar-refractivity contribution in [3.8, 4) is 0 Å². The topological polar surface area (TPSA) is 81.8 Å². The van der Waals surface area contributed by atoms with Gasteiger partial charge in [0.05, 0.1) is 6.04 Å². The van der Waals surface area contributed by atoms with Gasteiger partial charge >= 0.3 is 0 Å².